The zero-order valence-corrected chi connectivity index (χ0v) is 7.20. The van der Waals surface area contributed by atoms with Gasteiger partial charge in [-0.05, 0) is 6.08 Å². The molecule has 0 spiro atoms. The van der Waals surface area contributed by atoms with Gasteiger partial charge in [0.15, 0.2) is 0 Å². The molecule has 0 aromatic heterocycles. The van der Waals surface area contributed by atoms with Crippen molar-refractivity contribution in [1.82, 2.24) is 9.80 Å². The van der Waals surface area contributed by atoms with Crippen LogP contribution in [0.5, 0.6) is 0 Å². The Morgan fingerprint density at radius 1 is 1.25 bits per heavy atom. The number of hydrogen-bond donors (Lipinski definition) is 0. The Kier molecular flexibility index (Phi) is 2.91. The fourth-order valence-corrected chi connectivity index (χ4v) is 1.24. The Bertz CT molecular complexity index is 193. The number of carbonyl (C=O) groups excluding carboxylic acids is 1. The van der Waals surface area contributed by atoms with Crippen LogP contribution in [0.15, 0.2) is 24.9 Å². The molecule has 1 fully saturated rings. The molecule has 1 aliphatic heterocycles. The van der Waals surface area contributed by atoms with Gasteiger partial charge in [0.05, 0.1) is 0 Å². The summed E-state index contributed by atoms with van der Waals surface area (Å²) in [6.07, 6.45) is 2.64. The smallest absolute Gasteiger partial charge is 0.209 e. The van der Waals surface area contributed by atoms with Crippen molar-refractivity contribution in [3.63, 3.8) is 0 Å². The van der Waals surface area contributed by atoms with E-state index in [-0.39, 0.29) is 0 Å². The second kappa shape index (κ2) is 3.95. The van der Waals surface area contributed by atoms with E-state index in [1.807, 2.05) is 0 Å². The second-order valence-electron chi connectivity index (χ2n) is 2.82. The number of hydrogen-bond acceptors (Lipinski definition) is 2. The summed E-state index contributed by atoms with van der Waals surface area (Å²) in [5, 5.41) is 0. The van der Waals surface area contributed by atoms with E-state index < -0.39 is 0 Å². The molecular weight excluding hydrogens is 152 g/mol. The van der Waals surface area contributed by atoms with Gasteiger partial charge in [0.1, 0.15) is 0 Å². The molecule has 0 N–H and O–H groups in total. The minimum absolute atomic E-state index is 0.788. The molecule has 1 amide bonds. The molecule has 0 aromatic carbocycles. The van der Waals surface area contributed by atoms with Gasteiger partial charge in [0, 0.05) is 31.9 Å². The van der Waals surface area contributed by atoms with Crippen LogP contribution in [-0.4, -0.2) is 42.4 Å². The van der Waals surface area contributed by atoms with E-state index in [1.165, 1.54) is 0 Å². The molecule has 0 unspecified atom stereocenters. The summed E-state index contributed by atoms with van der Waals surface area (Å²) in [7, 11) is 0. The molecule has 3 nitrogen and oxygen atoms in total. The molecular formula is C9H14N2O. The first-order valence-electron chi connectivity index (χ1n) is 4.03. The highest BCUT2D eigenvalue weighted by Crippen LogP contribution is 2.06. The number of nitrogens with zero attached hydrogens (tertiary/aromatic N) is 2. The molecule has 1 heterocycles. The molecule has 1 saturated heterocycles. The molecule has 0 radical (unpaired) electrons. The van der Waals surface area contributed by atoms with Crippen molar-refractivity contribution in [1.29, 1.82) is 0 Å². The molecule has 0 aromatic rings. The van der Waals surface area contributed by atoms with Crippen LogP contribution in [0.25, 0.3) is 0 Å². The lowest BCUT2D eigenvalue weighted by Crippen LogP contribution is -2.44. The van der Waals surface area contributed by atoms with Crippen LogP contribution in [0.4, 0.5) is 0 Å². The van der Waals surface area contributed by atoms with E-state index in [4.69, 9.17) is 0 Å². The largest absolute Gasteiger partial charge is 0.368 e. The maximum atomic E-state index is 10.4. The molecule has 0 saturated carbocycles. The molecule has 0 aliphatic carbocycles. The number of carbonyl (C=O) groups is 1. The Morgan fingerprint density at radius 2 is 1.83 bits per heavy atom. The first-order chi connectivity index (χ1) is 5.77. The number of amides is 1. The third-order valence-electron chi connectivity index (χ3n) is 2.11. The van der Waals surface area contributed by atoms with Crippen molar-refractivity contribution in [3.05, 3.63) is 24.9 Å². The van der Waals surface area contributed by atoms with Gasteiger partial charge in [0.25, 0.3) is 0 Å². The third-order valence-corrected chi connectivity index (χ3v) is 2.11. The zero-order valence-electron chi connectivity index (χ0n) is 7.20. The molecule has 0 bridgehead atoms. The van der Waals surface area contributed by atoms with E-state index in [0.717, 1.165) is 38.3 Å². The summed E-state index contributed by atoms with van der Waals surface area (Å²) in [4.78, 5) is 14.3. The van der Waals surface area contributed by atoms with Gasteiger partial charge in [-0.2, -0.15) is 0 Å². The lowest BCUT2D eigenvalue weighted by Gasteiger charge is -2.34. The standard InChI is InChI=1S/C9H14N2O/c1-3-9(2)11-6-4-10(8-12)5-7-11/h3,8H,1-2,4-7H2. The van der Waals surface area contributed by atoms with Crippen LogP contribution in [0.3, 0.4) is 0 Å². The average molecular weight is 166 g/mol. The molecule has 1 rings (SSSR count). The van der Waals surface area contributed by atoms with Gasteiger partial charge in [0.2, 0.25) is 6.41 Å². The molecule has 0 atom stereocenters. The van der Waals surface area contributed by atoms with Crippen LogP contribution in [0.2, 0.25) is 0 Å². The molecule has 12 heavy (non-hydrogen) atoms. The molecule has 3 heteroatoms. The molecule has 1 aliphatic rings. The SMILES string of the molecule is C=CC(=C)N1CCN(C=O)CC1. The number of piperazine rings is 1. The van der Waals surface area contributed by atoms with Crippen molar-refractivity contribution in [2.45, 2.75) is 0 Å². The van der Waals surface area contributed by atoms with Crippen molar-refractivity contribution in [3.8, 4) is 0 Å². The highest BCUT2D eigenvalue weighted by Gasteiger charge is 2.14. The van der Waals surface area contributed by atoms with E-state index in [2.05, 4.69) is 18.1 Å². The molecule has 66 valence electrons. The zero-order chi connectivity index (χ0) is 8.97. The van der Waals surface area contributed by atoms with E-state index in [0.29, 0.717) is 0 Å². The highest BCUT2D eigenvalue weighted by atomic mass is 16.1. The van der Waals surface area contributed by atoms with Gasteiger partial charge in [-0.1, -0.05) is 13.2 Å². The first kappa shape index (κ1) is 8.84. The lowest BCUT2D eigenvalue weighted by molar-refractivity contribution is -0.119. The lowest BCUT2D eigenvalue weighted by atomic mass is 10.3. The monoisotopic (exact) mass is 166 g/mol. The predicted molar refractivity (Wildman–Crippen MR) is 48.5 cm³/mol. The second-order valence-corrected chi connectivity index (χ2v) is 2.82. The van der Waals surface area contributed by atoms with Crippen molar-refractivity contribution in [2.24, 2.45) is 0 Å². The van der Waals surface area contributed by atoms with Gasteiger partial charge in [-0.3, -0.25) is 4.79 Å². The summed E-state index contributed by atoms with van der Waals surface area (Å²) < 4.78 is 0. The minimum atomic E-state index is 0.788. The van der Waals surface area contributed by atoms with Crippen molar-refractivity contribution >= 4 is 6.41 Å². The van der Waals surface area contributed by atoms with E-state index in [1.54, 1.807) is 11.0 Å². The van der Waals surface area contributed by atoms with E-state index in [9.17, 15) is 4.79 Å². The Morgan fingerprint density at radius 3 is 2.25 bits per heavy atom. The predicted octanol–water partition coefficient (Wildman–Crippen LogP) is 0.460. The minimum Gasteiger partial charge on any atom is -0.368 e. The maximum Gasteiger partial charge on any atom is 0.209 e. The van der Waals surface area contributed by atoms with Crippen LogP contribution in [-0.2, 0) is 4.79 Å². The van der Waals surface area contributed by atoms with Gasteiger partial charge in [-0.25, -0.2) is 0 Å². The Balaban J connectivity index is 2.40. The number of rotatable bonds is 3. The number of allylic oxidation sites excluding steroid dienone is 1. The summed E-state index contributed by atoms with van der Waals surface area (Å²) in [5.41, 5.74) is 0.945. The third kappa shape index (κ3) is 1.87. The summed E-state index contributed by atoms with van der Waals surface area (Å²) in [6.45, 7) is 10.8. The summed E-state index contributed by atoms with van der Waals surface area (Å²) in [5.74, 6) is 0. The van der Waals surface area contributed by atoms with Crippen molar-refractivity contribution < 1.29 is 4.79 Å². The average Bonchev–Trinajstić information content (AvgIpc) is 2.17. The van der Waals surface area contributed by atoms with Gasteiger partial charge < -0.3 is 9.80 Å². The summed E-state index contributed by atoms with van der Waals surface area (Å²) in [6, 6.07) is 0. The van der Waals surface area contributed by atoms with Crippen LogP contribution in [0, 0.1) is 0 Å². The van der Waals surface area contributed by atoms with Gasteiger partial charge in [-0.15, -0.1) is 0 Å². The normalized spacial score (nSPS) is 17.3. The summed E-state index contributed by atoms with van der Waals surface area (Å²) >= 11 is 0. The van der Waals surface area contributed by atoms with E-state index >= 15 is 0 Å². The topological polar surface area (TPSA) is 23.6 Å². The fourth-order valence-electron chi connectivity index (χ4n) is 1.24. The Hall–Kier alpha value is -1.25. The quantitative estimate of drug-likeness (QED) is 0.449. The fraction of sp³-hybridized carbons (Fsp3) is 0.444. The van der Waals surface area contributed by atoms with Crippen LogP contribution < -0.4 is 0 Å². The maximum absolute atomic E-state index is 10.4. The highest BCUT2D eigenvalue weighted by molar-refractivity contribution is 5.47. The van der Waals surface area contributed by atoms with Gasteiger partial charge >= 0.3 is 0 Å². The Labute approximate surface area is 73.0 Å². The van der Waals surface area contributed by atoms with Crippen molar-refractivity contribution in [2.75, 3.05) is 26.2 Å². The van der Waals surface area contributed by atoms with Crippen LogP contribution >= 0.6 is 0 Å². The first-order valence-corrected chi connectivity index (χ1v) is 4.03. The van der Waals surface area contributed by atoms with Crippen LogP contribution in [0.1, 0.15) is 0 Å².